The summed E-state index contributed by atoms with van der Waals surface area (Å²) in [7, 11) is 0. The number of carbonyl (C=O) groups excluding carboxylic acids is 1. The number of ketones is 1. The van der Waals surface area contributed by atoms with Crippen LogP contribution in [-0.2, 0) is 17.8 Å². The van der Waals surface area contributed by atoms with Gasteiger partial charge in [-0.25, -0.2) is 0 Å². The first-order chi connectivity index (χ1) is 6.70. The molecule has 0 saturated heterocycles. The van der Waals surface area contributed by atoms with Crippen molar-refractivity contribution in [2.75, 3.05) is 0 Å². The summed E-state index contributed by atoms with van der Waals surface area (Å²) in [5, 5.41) is 4.33. The van der Waals surface area contributed by atoms with Crippen molar-refractivity contribution in [2.45, 2.75) is 39.7 Å². The fourth-order valence-corrected chi connectivity index (χ4v) is 1.74. The maximum absolute atomic E-state index is 11.6. The van der Waals surface area contributed by atoms with Crippen LogP contribution >= 0.6 is 0 Å². The molecular weight excluding hydrogens is 176 g/mol. The predicted molar refractivity (Wildman–Crippen MR) is 54.1 cm³/mol. The molecule has 0 amide bonds. The van der Waals surface area contributed by atoms with Gasteiger partial charge in [-0.15, -0.1) is 0 Å². The van der Waals surface area contributed by atoms with Crippen LogP contribution in [0.15, 0.2) is 6.07 Å². The van der Waals surface area contributed by atoms with E-state index in [1.165, 1.54) is 0 Å². The van der Waals surface area contributed by atoms with Gasteiger partial charge in [-0.1, -0.05) is 0 Å². The lowest BCUT2D eigenvalue weighted by molar-refractivity contribution is -0.119. The van der Waals surface area contributed by atoms with Gasteiger partial charge < -0.3 is 0 Å². The Labute approximate surface area is 84.1 Å². The quantitative estimate of drug-likeness (QED) is 0.728. The van der Waals surface area contributed by atoms with Crippen LogP contribution in [-0.4, -0.2) is 15.6 Å². The molecular formula is C11H16N2O. The highest BCUT2D eigenvalue weighted by atomic mass is 16.1. The summed E-state index contributed by atoms with van der Waals surface area (Å²) in [6.07, 6.45) is 2.76. The van der Waals surface area contributed by atoms with Gasteiger partial charge in [0.1, 0.15) is 5.78 Å². The van der Waals surface area contributed by atoms with Crippen LogP contribution in [0.5, 0.6) is 0 Å². The third-order valence-corrected chi connectivity index (χ3v) is 2.67. The molecule has 1 aromatic rings. The fourth-order valence-electron chi connectivity index (χ4n) is 1.74. The second kappa shape index (κ2) is 3.56. The van der Waals surface area contributed by atoms with Crippen LogP contribution in [0.1, 0.15) is 31.2 Å². The normalized spacial score (nSPS) is 15.9. The zero-order valence-corrected chi connectivity index (χ0v) is 8.79. The minimum absolute atomic E-state index is 0.357. The van der Waals surface area contributed by atoms with E-state index in [4.69, 9.17) is 0 Å². The van der Waals surface area contributed by atoms with Gasteiger partial charge in [-0.2, -0.15) is 5.10 Å². The number of Topliss-reactive ketones (excluding diaryl/α,β-unsaturated/α-hetero) is 1. The summed E-state index contributed by atoms with van der Waals surface area (Å²) in [6, 6.07) is 2.02. The Morgan fingerprint density at radius 2 is 2.36 bits per heavy atom. The van der Waals surface area contributed by atoms with Gasteiger partial charge in [0.05, 0.1) is 5.69 Å². The fraction of sp³-hybridized carbons (Fsp3) is 0.636. The van der Waals surface area contributed by atoms with Crippen LogP contribution in [0.3, 0.4) is 0 Å². The molecule has 0 bridgehead atoms. The number of aryl methyl sites for hydroxylation is 2. The van der Waals surface area contributed by atoms with Crippen LogP contribution in [0.25, 0.3) is 0 Å². The van der Waals surface area contributed by atoms with E-state index in [-0.39, 0.29) is 0 Å². The van der Waals surface area contributed by atoms with Crippen molar-refractivity contribution in [1.29, 1.82) is 0 Å². The minimum Gasteiger partial charge on any atom is -0.299 e. The lowest BCUT2D eigenvalue weighted by Gasteiger charge is -2.02. The lowest BCUT2D eigenvalue weighted by atomic mass is 10.1. The molecule has 1 fully saturated rings. The lowest BCUT2D eigenvalue weighted by Crippen LogP contribution is -2.10. The van der Waals surface area contributed by atoms with E-state index in [9.17, 15) is 4.79 Å². The van der Waals surface area contributed by atoms with Crippen LogP contribution in [0.4, 0.5) is 0 Å². The highest BCUT2D eigenvalue weighted by Crippen LogP contribution is 2.30. The summed E-state index contributed by atoms with van der Waals surface area (Å²) in [6.45, 7) is 4.87. The third-order valence-electron chi connectivity index (χ3n) is 2.67. The average molecular weight is 192 g/mol. The first-order valence-electron chi connectivity index (χ1n) is 5.26. The van der Waals surface area contributed by atoms with Crippen molar-refractivity contribution in [3.63, 3.8) is 0 Å². The topological polar surface area (TPSA) is 34.9 Å². The number of hydrogen-bond acceptors (Lipinski definition) is 2. The zero-order chi connectivity index (χ0) is 10.1. The highest BCUT2D eigenvalue weighted by Gasteiger charge is 2.29. The molecule has 2 rings (SSSR count). The van der Waals surface area contributed by atoms with E-state index >= 15 is 0 Å². The van der Waals surface area contributed by atoms with Crippen molar-refractivity contribution in [3.05, 3.63) is 17.5 Å². The molecule has 1 saturated carbocycles. The predicted octanol–water partition coefficient (Wildman–Crippen LogP) is 1.73. The average Bonchev–Trinajstić information content (AvgIpc) is 2.92. The standard InChI is InChI=1S/C11H16N2O/c1-3-13-10(6-8(2)12-13)7-11(14)9-4-5-9/h6,9H,3-5,7H2,1-2H3. The molecule has 0 N–H and O–H groups in total. The van der Waals surface area contributed by atoms with E-state index in [1.807, 2.05) is 17.7 Å². The van der Waals surface area contributed by atoms with Gasteiger partial charge >= 0.3 is 0 Å². The van der Waals surface area contributed by atoms with Crippen molar-refractivity contribution >= 4 is 5.78 Å². The molecule has 3 heteroatoms. The number of rotatable bonds is 4. The Balaban J connectivity index is 2.10. The second-order valence-corrected chi connectivity index (χ2v) is 4.01. The monoisotopic (exact) mass is 192 g/mol. The van der Waals surface area contributed by atoms with E-state index in [0.717, 1.165) is 30.8 Å². The number of aromatic nitrogens is 2. The van der Waals surface area contributed by atoms with Crippen molar-refractivity contribution in [3.8, 4) is 0 Å². The van der Waals surface area contributed by atoms with Gasteiger partial charge in [0.15, 0.2) is 0 Å². The Morgan fingerprint density at radius 1 is 1.64 bits per heavy atom. The third kappa shape index (κ3) is 1.86. The first-order valence-corrected chi connectivity index (χ1v) is 5.26. The summed E-state index contributed by atoms with van der Waals surface area (Å²) >= 11 is 0. The molecule has 0 aromatic carbocycles. The molecule has 0 spiro atoms. The Kier molecular flexibility index (Phi) is 2.40. The molecule has 0 atom stereocenters. The van der Waals surface area contributed by atoms with Crippen molar-refractivity contribution < 1.29 is 4.79 Å². The SMILES string of the molecule is CCn1nc(C)cc1CC(=O)C1CC1. The molecule has 3 nitrogen and oxygen atoms in total. The maximum Gasteiger partial charge on any atom is 0.141 e. The van der Waals surface area contributed by atoms with Crippen molar-refractivity contribution in [1.82, 2.24) is 9.78 Å². The van der Waals surface area contributed by atoms with E-state index in [2.05, 4.69) is 12.0 Å². The molecule has 0 unspecified atom stereocenters. The molecule has 1 aliphatic rings. The Morgan fingerprint density at radius 3 is 2.93 bits per heavy atom. The highest BCUT2D eigenvalue weighted by molar-refractivity contribution is 5.84. The molecule has 1 aliphatic carbocycles. The van der Waals surface area contributed by atoms with Gasteiger partial charge in [0, 0.05) is 24.6 Å². The minimum atomic E-state index is 0.357. The number of carbonyl (C=O) groups is 1. The van der Waals surface area contributed by atoms with Crippen LogP contribution in [0, 0.1) is 12.8 Å². The summed E-state index contributed by atoms with van der Waals surface area (Å²) in [5.41, 5.74) is 2.08. The zero-order valence-electron chi connectivity index (χ0n) is 8.79. The van der Waals surface area contributed by atoms with E-state index < -0.39 is 0 Å². The summed E-state index contributed by atoms with van der Waals surface area (Å²) < 4.78 is 1.93. The number of hydrogen-bond donors (Lipinski definition) is 0. The van der Waals surface area contributed by atoms with Gasteiger partial charge in [0.2, 0.25) is 0 Å². The molecule has 0 aliphatic heterocycles. The molecule has 1 aromatic heterocycles. The molecule has 0 radical (unpaired) electrons. The maximum atomic E-state index is 11.6. The Hall–Kier alpha value is -1.12. The molecule has 1 heterocycles. The largest absolute Gasteiger partial charge is 0.299 e. The van der Waals surface area contributed by atoms with Crippen molar-refractivity contribution in [2.24, 2.45) is 5.92 Å². The molecule has 76 valence electrons. The van der Waals surface area contributed by atoms with Gasteiger partial charge in [-0.05, 0) is 32.8 Å². The van der Waals surface area contributed by atoms with Crippen LogP contribution in [0.2, 0.25) is 0 Å². The van der Waals surface area contributed by atoms with Crippen LogP contribution < -0.4 is 0 Å². The first kappa shape index (κ1) is 9.44. The smallest absolute Gasteiger partial charge is 0.141 e. The summed E-state index contributed by atoms with van der Waals surface area (Å²) in [4.78, 5) is 11.6. The summed E-state index contributed by atoms with van der Waals surface area (Å²) in [5.74, 6) is 0.745. The van der Waals surface area contributed by atoms with E-state index in [0.29, 0.717) is 18.1 Å². The Bertz CT molecular complexity index is 350. The van der Waals surface area contributed by atoms with Gasteiger partial charge in [0.25, 0.3) is 0 Å². The van der Waals surface area contributed by atoms with E-state index in [1.54, 1.807) is 0 Å². The molecule has 14 heavy (non-hydrogen) atoms. The second-order valence-electron chi connectivity index (χ2n) is 4.01. The number of nitrogens with zero attached hydrogens (tertiary/aromatic N) is 2. The van der Waals surface area contributed by atoms with Gasteiger partial charge in [-0.3, -0.25) is 9.48 Å².